The molecule has 0 saturated carbocycles. The zero-order chi connectivity index (χ0) is 17.4. The van der Waals surface area contributed by atoms with Crippen LogP contribution in [0.25, 0.3) is 0 Å². The molecule has 0 radical (unpaired) electrons. The Kier molecular flexibility index (Phi) is 4.52. The van der Waals surface area contributed by atoms with Crippen LogP contribution in [-0.4, -0.2) is 37.2 Å². The lowest BCUT2D eigenvalue weighted by molar-refractivity contribution is 0.601. The number of sulfone groups is 1. The molecule has 0 amide bonds. The maximum atomic E-state index is 12.0. The molecule has 0 spiro atoms. The van der Waals surface area contributed by atoms with Crippen LogP contribution in [-0.2, 0) is 15.6 Å². The lowest BCUT2D eigenvalue weighted by Crippen LogP contribution is -2.39. The molecule has 4 nitrogen and oxygen atoms in total. The van der Waals surface area contributed by atoms with Crippen LogP contribution in [0.3, 0.4) is 0 Å². The van der Waals surface area contributed by atoms with Crippen LogP contribution >= 0.6 is 23.4 Å². The molecule has 2 heterocycles. The summed E-state index contributed by atoms with van der Waals surface area (Å²) in [6.07, 6.45) is 0. The number of nitrogens with zero attached hydrogens (tertiary/aromatic N) is 2. The molecule has 7 heteroatoms. The molecule has 130 valence electrons. The van der Waals surface area contributed by atoms with Gasteiger partial charge in [0.25, 0.3) is 0 Å². The molecule has 1 saturated heterocycles. The molecule has 0 unspecified atom stereocenters. The van der Waals surface area contributed by atoms with Gasteiger partial charge in [-0.3, -0.25) is 4.99 Å². The number of para-hydroxylation sites is 1. The summed E-state index contributed by atoms with van der Waals surface area (Å²) in [5.41, 5.74) is 2.11. The maximum absolute atomic E-state index is 12.0. The monoisotopic (exact) mass is 392 g/mol. The highest BCUT2D eigenvalue weighted by Gasteiger charge is 2.47. The number of amidine groups is 1. The second-order valence-corrected chi connectivity index (χ2v) is 9.78. The topological polar surface area (TPSA) is 49.7 Å². The fourth-order valence-electron chi connectivity index (χ4n) is 3.30. The second kappa shape index (κ2) is 6.67. The molecule has 4 rings (SSSR count). The van der Waals surface area contributed by atoms with Crippen molar-refractivity contribution >= 4 is 44.1 Å². The highest BCUT2D eigenvalue weighted by Crippen LogP contribution is 2.35. The van der Waals surface area contributed by atoms with E-state index in [9.17, 15) is 8.42 Å². The molecule has 2 aliphatic rings. The number of hydrogen-bond acceptors (Lipinski definition) is 5. The summed E-state index contributed by atoms with van der Waals surface area (Å²) in [6, 6.07) is 17.4. The minimum absolute atomic E-state index is 0.103. The molecule has 0 aliphatic carbocycles. The molecule has 2 aromatic rings. The van der Waals surface area contributed by atoms with E-state index >= 15 is 0 Å². The smallest absolute Gasteiger partial charge is 0.164 e. The summed E-state index contributed by atoms with van der Waals surface area (Å²) in [5, 5.41) is 1.60. The Balaban J connectivity index is 1.60. The van der Waals surface area contributed by atoms with Crippen molar-refractivity contribution in [2.24, 2.45) is 4.99 Å². The SMILES string of the molecule is O=S1(=O)C[C@@H]2N=C(SCc3cccc(Cl)c3)N(c3ccccc3)[C@H]2C1. The lowest BCUT2D eigenvalue weighted by atomic mass is 10.1. The molecule has 2 atom stereocenters. The normalized spacial score (nSPS) is 24.2. The zero-order valence-electron chi connectivity index (χ0n) is 13.4. The van der Waals surface area contributed by atoms with Crippen LogP contribution in [0.15, 0.2) is 59.6 Å². The summed E-state index contributed by atoms with van der Waals surface area (Å²) < 4.78 is 24.1. The fourth-order valence-corrected chi connectivity index (χ4v) is 6.42. The van der Waals surface area contributed by atoms with Gasteiger partial charge in [-0.25, -0.2) is 8.42 Å². The van der Waals surface area contributed by atoms with E-state index in [1.807, 2.05) is 54.6 Å². The van der Waals surface area contributed by atoms with Gasteiger partial charge in [0.05, 0.1) is 23.6 Å². The molecule has 2 aromatic carbocycles. The fraction of sp³-hybridized carbons (Fsp3) is 0.278. The quantitative estimate of drug-likeness (QED) is 0.800. The van der Waals surface area contributed by atoms with E-state index in [-0.39, 0.29) is 23.6 Å². The number of hydrogen-bond donors (Lipinski definition) is 0. The van der Waals surface area contributed by atoms with Crippen molar-refractivity contribution in [3.8, 4) is 0 Å². The maximum Gasteiger partial charge on any atom is 0.164 e. The summed E-state index contributed by atoms with van der Waals surface area (Å²) in [7, 11) is -3.02. The van der Waals surface area contributed by atoms with E-state index in [2.05, 4.69) is 4.90 Å². The molecule has 2 aliphatic heterocycles. The first-order valence-corrected chi connectivity index (χ1v) is 11.2. The minimum Gasteiger partial charge on any atom is -0.315 e. The van der Waals surface area contributed by atoms with Gasteiger partial charge in [0.2, 0.25) is 0 Å². The Morgan fingerprint density at radius 2 is 1.92 bits per heavy atom. The van der Waals surface area contributed by atoms with Gasteiger partial charge in [-0.05, 0) is 29.8 Å². The van der Waals surface area contributed by atoms with Crippen LogP contribution in [0.5, 0.6) is 0 Å². The molecule has 1 fully saturated rings. The summed E-state index contributed by atoms with van der Waals surface area (Å²) in [4.78, 5) is 6.82. The standard InChI is InChI=1S/C18H17ClN2O2S2/c19-14-6-4-5-13(9-14)10-24-18-20-16-11-25(22,23)12-17(16)21(18)15-7-2-1-3-8-15/h1-9,16-17H,10-12H2/t16-,17-/m0/s1. The zero-order valence-corrected chi connectivity index (χ0v) is 15.8. The Labute approximate surface area is 156 Å². The highest BCUT2D eigenvalue weighted by molar-refractivity contribution is 8.13. The van der Waals surface area contributed by atoms with E-state index < -0.39 is 9.84 Å². The summed E-state index contributed by atoms with van der Waals surface area (Å²) in [5.74, 6) is 1.05. The van der Waals surface area contributed by atoms with E-state index in [1.54, 1.807) is 11.8 Å². The van der Waals surface area contributed by atoms with Gasteiger partial charge in [-0.2, -0.15) is 0 Å². The molecule has 0 aromatic heterocycles. The predicted molar refractivity (Wildman–Crippen MR) is 105 cm³/mol. The first-order chi connectivity index (χ1) is 12.0. The summed E-state index contributed by atoms with van der Waals surface area (Å²) in [6.45, 7) is 0. The second-order valence-electron chi connectivity index (χ2n) is 6.25. The lowest BCUT2D eigenvalue weighted by Gasteiger charge is -2.26. The van der Waals surface area contributed by atoms with Crippen LogP contribution in [0.4, 0.5) is 5.69 Å². The van der Waals surface area contributed by atoms with Crippen molar-refractivity contribution in [1.82, 2.24) is 0 Å². The molecular weight excluding hydrogens is 376 g/mol. The first kappa shape index (κ1) is 16.9. The largest absolute Gasteiger partial charge is 0.315 e. The van der Waals surface area contributed by atoms with Crippen molar-refractivity contribution in [3.63, 3.8) is 0 Å². The number of benzene rings is 2. The Bertz CT molecular complexity index is 916. The van der Waals surface area contributed by atoms with Crippen molar-refractivity contribution in [2.75, 3.05) is 16.4 Å². The van der Waals surface area contributed by atoms with Gasteiger partial charge in [0.15, 0.2) is 15.0 Å². The Hall–Kier alpha value is -1.50. The number of halogens is 1. The van der Waals surface area contributed by atoms with Crippen molar-refractivity contribution in [2.45, 2.75) is 17.8 Å². The number of fused-ring (bicyclic) bond motifs is 1. The van der Waals surface area contributed by atoms with Crippen LogP contribution in [0.1, 0.15) is 5.56 Å². The van der Waals surface area contributed by atoms with E-state index in [0.29, 0.717) is 5.02 Å². The summed E-state index contributed by atoms with van der Waals surface area (Å²) >= 11 is 7.69. The van der Waals surface area contributed by atoms with Crippen molar-refractivity contribution in [1.29, 1.82) is 0 Å². The predicted octanol–water partition coefficient (Wildman–Crippen LogP) is 3.62. The molecule has 0 N–H and O–H groups in total. The van der Waals surface area contributed by atoms with Gasteiger partial charge in [0.1, 0.15) is 0 Å². The average molecular weight is 393 g/mol. The average Bonchev–Trinajstić information content (AvgIpc) is 3.05. The minimum atomic E-state index is -3.02. The molecule has 25 heavy (non-hydrogen) atoms. The van der Waals surface area contributed by atoms with Gasteiger partial charge in [-0.1, -0.05) is 53.7 Å². The van der Waals surface area contributed by atoms with Crippen molar-refractivity contribution < 1.29 is 8.42 Å². The van der Waals surface area contributed by atoms with Gasteiger partial charge >= 0.3 is 0 Å². The third kappa shape index (κ3) is 3.57. The number of thioether (sulfide) groups is 1. The third-order valence-corrected chi connectivity index (χ3v) is 7.37. The Morgan fingerprint density at radius 1 is 1.12 bits per heavy atom. The van der Waals surface area contributed by atoms with Crippen LogP contribution in [0.2, 0.25) is 5.02 Å². The molecule has 0 bridgehead atoms. The van der Waals surface area contributed by atoms with Crippen LogP contribution < -0.4 is 4.90 Å². The van der Waals surface area contributed by atoms with E-state index in [1.165, 1.54) is 0 Å². The Morgan fingerprint density at radius 3 is 2.68 bits per heavy atom. The third-order valence-electron chi connectivity index (χ3n) is 4.40. The van der Waals surface area contributed by atoms with Gasteiger partial charge < -0.3 is 4.90 Å². The number of rotatable bonds is 3. The molecular formula is C18H17ClN2O2S2. The highest BCUT2D eigenvalue weighted by atomic mass is 35.5. The van der Waals surface area contributed by atoms with E-state index in [0.717, 1.165) is 22.2 Å². The van der Waals surface area contributed by atoms with E-state index in [4.69, 9.17) is 16.6 Å². The van der Waals surface area contributed by atoms with Gasteiger partial charge in [-0.15, -0.1) is 0 Å². The number of anilines is 1. The van der Waals surface area contributed by atoms with Gasteiger partial charge in [0, 0.05) is 16.5 Å². The van der Waals surface area contributed by atoms with Crippen molar-refractivity contribution in [3.05, 3.63) is 65.2 Å². The first-order valence-electron chi connectivity index (χ1n) is 8.02. The number of aliphatic imine (C=N–C) groups is 1. The van der Waals surface area contributed by atoms with Crippen LogP contribution in [0, 0.1) is 0 Å².